The number of guanidine groups is 1. The molecule has 0 aliphatic rings. The van der Waals surface area contributed by atoms with E-state index < -0.39 is 0 Å². The van der Waals surface area contributed by atoms with Gasteiger partial charge >= 0.3 is 0 Å². The molecule has 1 aromatic heterocycles. The molecular weight excluding hydrogens is 577 g/mol. The Bertz CT molecular complexity index is 1650. The summed E-state index contributed by atoms with van der Waals surface area (Å²) in [7, 11) is 0. The molecule has 0 unspecified atom stereocenters. The Kier molecular flexibility index (Phi) is 9.81. The van der Waals surface area contributed by atoms with E-state index in [2.05, 4.69) is 27.0 Å². The third kappa shape index (κ3) is 8.04. The molecule has 0 bridgehead atoms. The lowest BCUT2D eigenvalue weighted by molar-refractivity contribution is 0.485. The SMILES string of the molecule is Clc1cccc(NC(=NCCCCNc2ccnc3ccccc23)Nc2ccccc2Oc2cc(Cl)ccc2Cl)c1. The third-order valence-corrected chi connectivity index (χ3v) is 6.94. The van der Waals surface area contributed by atoms with E-state index in [1.165, 1.54) is 0 Å². The first kappa shape index (κ1) is 28.6. The van der Waals surface area contributed by atoms with Crippen molar-refractivity contribution in [2.45, 2.75) is 12.8 Å². The number of para-hydroxylation sites is 3. The number of aliphatic imine (C=N–C) groups is 1. The first-order chi connectivity index (χ1) is 20.0. The van der Waals surface area contributed by atoms with Crippen molar-refractivity contribution in [3.8, 4) is 11.5 Å². The molecule has 208 valence electrons. The van der Waals surface area contributed by atoms with Gasteiger partial charge in [-0.15, -0.1) is 0 Å². The highest BCUT2D eigenvalue weighted by molar-refractivity contribution is 6.34. The first-order valence-corrected chi connectivity index (χ1v) is 14.3. The van der Waals surface area contributed by atoms with Gasteiger partial charge < -0.3 is 20.7 Å². The number of fused-ring (bicyclic) bond motifs is 1. The number of nitrogens with one attached hydrogen (secondary N) is 3. The summed E-state index contributed by atoms with van der Waals surface area (Å²) in [6.07, 6.45) is 3.66. The van der Waals surface area contributed by atoms with E-state index in [9.17, 15) is 0 Å². The van der Waals surface area contributed by atoms with Crippen molar-refractivity contribution in [2.75, 3.05) is 29.0 Å². The Hall–Kier alpha value is -3.97. The number of pyridine rings is 1. The average Bonchev–Trinajstić information content (AvgIpc) is 2.98. The number of ether oxygens (including phenoxy) is 1. The molecule has 3 N–H and O–H groups in total. The fraction of sp³-hybridized carbons (Fsp3) is 0.125. The van der Waals surface area contributed by atoms with Crippen molar-refractivity contribution in [3.63, 3.8) is 0 Å². The molecule has 9 heteroatoms. The highest BCUT2D eigenvalue weighted by Crippen LogP contribution is 2.35. The second-order valence-electron chi connectivity index (χ2n) is 9.17. The lowest BCUT2D eigenvalue weighted by atomic mass is 10.2. The molecule has 0 radical (unpaired) electrons. The monoisotopic (exact) mass is 603 g/mol. The van der Waals surface area contributed by atoms with E-state index in [4.69, 9.17) is 44.5 Å². The van der Waals surface area contributed by atoms with Gasteiger partial charge in [0.2, 0.25) is 0 Å². The largest absolute Gasteiger partial charge is 0.454 e. The topological polar surface area (TPSA) is 70.6 Å². The number of hydrogen-bond donors (Lipinski definition) is 3. The minimum Gasteiger partial charge on any atom is -0.454 e. The summed E-state index contributed by atoms with van der Waals surface area (Å²) in [6.45, 7) is 1.43. The Morgan fingerprint density at radius 1 is 0.732 bits per heavy atom. The summed E-state index contributed by atoms with van der Waals surface area (Å²) in [6, 6.07) is 30.3. The molecule has 41 heavy (non-hydrogen) atoms. The number of unbranched alkanes of at least 4 members (excludes halogenated alkanes) is 1. The van der Waals surface area contributed by atoms with Gasteiger partial charge in [0, 0.05) is 52.2 Å². The Labute approximate surface area is 254 Å². The zero-order valence-electron chi connectivity index (χ0n) is 22.1. The predicted molar refractivity (Wildman–Crippen MR) is 173 cm³/mol. The minimum absolute atomic E-state index is 0.462. The molecule has 0 saturated carbocycles. The smallest absolute Gasteiger partial charge is 0.200 e. The van der Waals surface area contributed by atoms with Gasteiger partial charge in [0.1, 0.15) is 5.75 Å². The number of nitrogens with zero attached hydrogens (tertiary/aromatic N) is 2. The number of halogens is 3. The van der Waals surface area contributed by atoms with Gasteiger partial charge in [-0.3, -0.25) is 9.98 Å². The first-order valence-electron chi connectivity index (χ1n) is 13.2. The summed E-state index contributed by atoms with van der Waals surface area (Å²) in [5, 5.41) is 13.0. The number of aromatic nitrogens is 1. The van der Waals surface area contributed by atoms with Crippen LogP contribution in [0.3, 0.4) is 0 Å². The molecular formula is C32H28Cl3N5O. The van der Waals surface area contributed by atoms with E-state index in [-0.39, 0.29) is 0 Å². The van der Waals surface area contributed by atoms with Crippen molar-refractivity contribution < 1.29 is 4.74 Å². The maximum absolute atomic E-state index is 6.34. The molecule has 4 aromatic carbocycles. The summed E-state index contributed by atoms with van der Waals surface area (Å²) < 4.78 is 6.13. The van der Waals surface area contributed by atoms with Gasteiger partial charge in [-0.25, -0.2) is 0 Å². The summed E-state index contributed by atoms with van der Waals surface area (Å²) in [5.41, 5.74) is 3.58. The van der Waals surface area contributed by atoms with Gasteiger partial charge in [-0.2, -0.15) is 0 Å². The predicted octanol–water partition coefficient (Wildman–Crippen LogP) is 9.76. The number of hydrogen-bond acceptors (Lipinski definition) is 4. The van der Waals surface area contributed by atoms with Crippen LogP contribution in [0.15, 0.2) is 108 Å². The molecule has 0 saturated heterocycles. The van der Waals surface area contributed by atoms with Gasteiger partial charge in [0.05, 0.1) is 16.2 Å². The molecule has 1 heterocycles. The highest BCUT2D eigenvalue weighted by atomic mass is 35.5. The van der Waals surface area contributed by atoms with E-state index in [1.807, 2.05) is 79.0 Å². The second kappa shape index (κ2) is 14.1. The highest BCUT2D eigenvalue weighted by Gasteiger charge is 2.11. The number of anilines is 3. The Morgan fingerprint density at radius 2 is 1.56 bits per heavy atom. The van der Waals surface area contributed by atoms with Crippen molar-refractivity contribution >= 4 is 68.7 Å². The average molecular weight is 605 g/mol. The van der Waals surface area contributed by atoms with Crippen LogP contribution in [0.2, 0.25) is 15.1 Å². The summed E-state index contributed by atoms with van der Waals surface area (Å²) in [5.74, 6) is 1.60. The maximum Gasteiger partial charge on any atom is 0.200 e. The van der Waals surface area contributed by atoms with E-state index >= 15 is 0 Å². The zero-order chi connectivity index (χ0) is 28.4. The van der Waals surface area contributed by atoms with Gasteiger partial charge in [-0.05, 0) is 67.4 Å². The molecule has 0 atom stereocenters. The summed E-state index contributed by atoms with van der Waals surface area (Å²) in [4.78, 5) is 9.26. The van der Waals surface area contributed by atoms with E-state index in [0.717, 1.165) is 41.7 Å². The third-order valence-electron chi connectivity index (χ3n) is 6.16. The van der Waals surface area contributed by atoms with Crippen molar-refractivity contribution in [1.29, 1.82) is 0 Å². The van der Waals surface area contributed by atoms with Gasteiger partial charge in [0.25, 0.3) is 0 Å². The minimum atomic E-state index is 0.462. The molecule has 0 amide bonds. The molecule has 6 nitrogen and oxygen atoms in total. The Balaban J connectivity index is 1.26. The summed E-state index contributed by atoms with van der Waals surface area (Å²) >= 11 is 18.7. The second-order valence-corrected chi connectivity index (χ2v) is 10.5. The fourth-order valence-corrected chi connectivity index (χ4v) is 4.68. The molecule has 5 aromatic rings. The molecule has 5 rings (SSSR count). The van der Waals surface area contributed by atoms with Crippen LogP contribution < -0.4 is 20.7 Å². The van der Waals surface area contributed by atoms with Crippen LogP contribution in [0.4, 0.5) is 17.1 Å². The molecule has 0 fully saturated rings. The van der Waals surface area contributed by atoms with Gasteiger partial charge in [0.15, 0.2) is 11.7 Å². The van der Waals surface area contributed by atoms with Gasteiger partial charge in [-0.1, -0.05) is 71.2 Å². The van der Waals surface area contributed by atoms with E-state index in [1.54, 1.807) is 18.2 Å². The Morgan fingerprint density at radius 3 is 2.46 bits per heavy atom. The number of benzene rings is 4. The molecule has 0 spiro atoms. The van der Waals surface area contributed by atoms with Crippen LogP contribution in [0, 0.1) is 0 Å². The van der Waals surface area contributed by atoms with Crippen molar-refractivity contribution in [1.82, 2.24) is 4.98 Å². The standard InChI is InChI=1S/C32H28Cl3N5O/c33-22-8-7-9-24(20-22)39-32(38-18-6-5-17-36-28-16-19-37-27-11-2-1-10-25(27)28)40-29-12-3-4-13-30(29)41-31-21-23(34)14-15-26(31)35/h1-4,7-16,19-21H,5-6,17-18H2,(H,36,37)(H2,38,39,40). The molecule has 0 aliphatic heterocycles. The van der Waals surface area contributed by atoms with Crippen LogP contribution in [-0.4, -0.2) is 24.0 Å². The lowest BCUT2D eigenvalue weighted by Gasteiger charge is -2.17. The maximum atomic E-state index is 6.34. The fourth-order valence-electron chi connectivity index (χ4n) is 4.17. The van der Waals surface area contributed by atoms with Crippen LogP contribution in [0.25, 0.3) is 10.9 Å². The van der Waals surface area contributed by atoms with Crippen LogP contribution in [0.1, 0.15) is 12.8 Å². The van der Waals surface area contributed by atoms with E-state index in [0.29, 0.717) is 44.8 Å². The normalized spacial score (nSPS) is 11.3. The quantitative estimate of drug-likeness (QED) is 0.0841. The van der Waals surface area contributed by atoms with Crippen LogP contribution in [0.5, 0.6) is 11.5 Å². The molecule has 0 aliphatic carbocycles. The lowest BCUT2D eigenvalue weighted by Crippen LogP contribution is -2.23. The van der Waals surface area contributed by atoms with Crippen molar-refractivity contribution in [3.05, 3.63) is 118 Å². The van der Waals surface area contributed by atoms with Crippen molar-refractivity contribution in [2.24, 2.45) is 4.99 Å². The zero-order valence-corrected chi connectivity index (χ0v) is 24.3. The van der Waals surface area contributed by atoms with Crippen LogP contribution in [-0.2, 0) is 0 Å². The number of rotatable bonds is 10. The van der Waals surface area contributed by atoms with Crippen LogP contribution >= 0.6 is 34.8 Å².